The average Bonchev–Trinajstić information content (AvgIpc) is 2.65. The van der Waals surface area contributed by atoms with Crippen LogP contribution in [-0.4, -0.2) is 22.7 Å². The van der Waals surface area contributed by atoms with Crippen molar-refractivity contribution in [3.05, 3.63) is 33.3 Å². The SMILES string of the molecule is CCOc1cc(C2N=C(NC#N)Nc3nc(N)c(C#N)c(N)c32)cc(Br)c1O. The number of benzene rings is 1. The summed E-state index contributed by atoms with van der Waals surface area (Å²) in [5, 5.41) is 33.8. The zero-order chi connectivity index (χ0) is 20.4. The van der Waals surface area contributed by atoms with Crippen LogP contribution in [0.4, 0.5) is 17.3 Å². The Labute approximate surface area is 168 Å². The van der Waals surface area contributed by atoms with Gasteiger partial charge >= 0.3 is 0 Å². The van der Waals surface area contributed by atoms with Gasteiger partial charge in [-0.15, -0.1) is 0 Å². The molecule has 0 saturated heterocycles. The molecule has 0 saturated carbocycles. The molecule has 0 amide bonds. The third kappa shape index (κ3) is 3.19. The number of phenolic OH excluding ortho intramolecular Hbond substituents is 1. The van der Waals surface area contributed by atoms with Gasteiger partial charge in [0.25, 0.3) is 0 Å². The third-order valence-corrected chi connectivity index (χ3v) is 4.63. The second-order valence-corrected chi connectivity index (χ2v) is 6.54. The minimum absolute atomic E-state index is 0.0369. The molecule has 0 aliphatic carbocycles. The number of fused-ring (bicyclic) bond motifs is 1. The number of pyridine rings is 1. The van der Waals surface area contributed by atoms with Gasteiger partial charge < -0.3 is 26.6 Å². The number of hydrogen-bond donors (Lipinski definition) is 5. The lowest BCUT2D eigenvalue weighted by Gasteiger charge is -2.26. The maximum absolute atomic E-state index is 10.2. The van der Waals surface area contributed by atoms with E-state index < -0.39 is 6.04 Å². The van der Waals surface area contributed by atoms with Gasteiger partial charge in [0.15, 0.2) is 17.7 Å². The van der Waals surface area contributed by atoms with Gasteiger partial charge in [0.1, 0.15) is 29.3 Å². The zero-order valence-corrected chi connectivity index (χ0v) is 16.2. The molecule has 2 aromatic rings. The first-order valence-corrected chi connectivity index (χ1v) is 8.84. The van der Waals surface area contributed by atoms with E-state index in [0.717, 1.165) is 0 Å². The van der Waals surface area contributed by atoms with Crippen LogP contribution < -0.4 is 26.8 Å². The van der Waals surface area contributed by atoms with Crippen LogP contribution in [0.5, 0.6) is 11.5 Å². The summed E-state index contributed by atoms with van der Waals surface area (Å²) in [6, 6.07) is 4.47. The second kappa shape index (κ2) is 7.50. The van der Waals surface area contributed by atoms with Gasteiger partial charge in [-0.25, -0.2) is 9.98 Å². The number of nitrogens with one attached hydrogen (secondary N) is 2. The van der Waals surface area contributed by atoms with Gasteiger partial charge in [0, 0.05) is 5.56 Å². The van der Waals surface area contributed by atoms with Gasteiger partial charge in [-0.3, -0.25) is 5.32 Å². The quantitative estimate of drug-likeness (QED) is 0.350. The summed E-state index contributed by atoms with van der Waals surface area (Å²) in [5.74, 6) is 0.567. The van der Waals surface area contributed by atoms with Gasteiger partial charge in [-0.1, -0.05) is 0 Å². The number of hydrogen-bond acceptors (Lipinski definition) is 10. The fourth-order valence-corrected chi connectivity index (χ4v) is 3.30. The number of anilines is 3. The second-order valence-electron chi connectivity index (χ2n) is 5.68. The number of nitrogens with zero attached hydrogens (tertiary/aromatic N) is 4. The van der Waals surface area contributed by atoms with E-state index in [1.165, 1.54) is 0 Å². The summed E-state index contributed by atoms with van der Waals surface area (Å²) in [7, 11) is 0. The molecule has 142 valence electrons. The number of ether oxygens (including phenoxy) is 1. The molecular formula is C17H15BrN8O2. The van der Waals surface area contributed by atoms with E-state index in [1.54, 1.807) is 25.2 Å². The highest BCUT2D eigenvalue weighted by Crippen LogP contribution is 2.44. The predicted octanol–water partition coefficient (Wildman–Crippen LogP) is 1.93. The Bertz CT molecular complexity index is 1070. The number of nitrogen functional groups attached to an aromatic ring is 2. The molecule has 1 unspecified atom stereocenters. The molecule has 11 heteroatoms. The molecule has 1 aliphatic rings. The van der Waals surface area contributed by atoms with Crippen molar-refractivity contribution in [2.45, 2.75) is 13.0 Å². The lowest BCUT2D eigenvalue weighted by atomic mass is 9.95. The minimum atomic E-state index is -0.733. The number of rotatable bonds is 3. The van der Waals surface area contributed by atoms with Crippen LogP contribution in [0.1, 0.15) is 29.7 Å². The largest absolute Gasteiger partial charge is 0.503 e. The number of aromatic nitrogens is 1. The highest BCUT2D eigenvalue weighted by Gasteiger charge is 2.30. The number of phenols is 1. The normalized spacial score (nSPS) is 14.7. The highest BCUT2D eigenvalue weighted by atomic mass is 79.9. The van der Waals surface area contributed by atoms with Gasteiger partial charge in [0.2, 0.25) is 5.96 Å². The Morgan fingerprint density at radius 2 is 2.14 bits per heavy atom. The molecule has 1 aromatic heterocycles. The molecule has 0 radical (unpaired) electrons. The van der Waals surface area contributed by atoms with Gasteiger partial charge in [-0.2, -0.15) is 10.5 Å². The first kappa shape index (κ1) is 19.1. The Hall–Kier alpha value is -3.70. The molecule has 0 bridgehead atoms. The molecule has 2 heterocycles. The Morgan fingerprint density at radius 3 is 2.79 bits per heavy atom. The van der Waals surface area contributed by atoms with Crippen LogP contribution in [0.15, 0.2) is 21.6 Å². The van der Waals surface area contributed by atoms with Crippen LogP contribution >= 0.6 is 15.9 Å². The first-order chi connectivity index (χ1) is 13.4. The summed E-state index contributed by atoms with van der Waals surface area (Å²) in [6.45, 7) is 2.13. The molecular weight excluding hydrogens is 428 g/mol. The Kier molecular flexibility index (Phi) is 5.11. The van der Waals surface area contributed by atoms with E-state index in [1.807, 2.05) is 6.07 Å². The lowest BCUT2D eigenvalue weighted by Crippen LogP contribution is -2.32. The topological polar surface area (TPSA) is 178 Å². The maximum atomic E-state index is 10.2. The van der Waals surface area contributed by atoms with Crippen molar-refractivity contribution in [2.75, 3.05) is 23.4 Å². The van der Waals surface area contributed by atoms with E-state index in [0.29, 0.717) is 22.2 Å². The zero-order valence-electron chi connectivity index (χ0n) is 14.6. The average molecular weight is 443 g/mol. The van der Waals surface area contributed by atoms with Crippen LogP contribution in [0.3, 0.4) is 0 Å². The summed E-state index contributed by atoms with van der Waals surface area (Å²) < 4.78 is 5.86. The lowest BCUT2D eigenvalue weighted by molar-refractivity contribution is 0.316. The van der Waals surface area contributed by atoms with E-state index in [4.69, 9.17) is 21.5 Å². The number of aliphatic imine (C=N–C) groups is 1. The van der Waals surface area contributed by atoms with Crippen LogP contribution in [-0.2, 0) is 0 Å². The van der Waals surface area contributed by atoms with Crippen molar-refractivity contribution in [2.24, 2.45) is 4.99 Å². The predicted molar refractivity (Wildman–Crippen MR) is 106 cm³/mol. The number of aromatic hydroxyl groups is 1. The number of guanidine groups is 1. The number of halogens is 1. The summed E-state index contributed by atoms with van der Waals surface area (Å²) >= 11 is 3.30. The highest BCUT2D eigenvalue weighted by molar-refractivity contribution is 9.10. The van der Waals surface area contributed by atoms with Crippen molar-refractivity contribution in [1.82, 2.24) is 10.3 Å². The molecule has 0 spiro atoms. The van der Waals surface area contributed by atoms with Crippen LogP contribution in [0.25, 0.3) is 0 Å². The number of nitriles is 2. The molecule has 1 aromatic carbocycles. The molecule has 10 nitrogen and oxygen atoms in total. The van der Waals surface area contributed by atoms with Crippen molar-refractivity contribution >= 4 is 39.2 Å². The van der Waals surface area contributed by atoms with E-state index in [2.05, 4.69) is 36.5 Å². The molecule has 3 rings (SSSR count). The van der Waals surface area contributed by atoms with Crippen LogP contribution in [0, 0.1) is 22.8 Å². The van der Waals surface area contributed by atoms with Crippen molar-refractivity contribution < 1.29 is 9.84 Å². The van der Waals surface area contributed by atoms with Crippen molar-refractivity contribution in [3.8, 4) is 23.8 Å². The maximum Gasteiger partial charge on any atom is 0.211 e. The van der Waals surface area contributed by atoms with Crippen LogP contribution in [0.2, 0.25) is 0 Å². The van der Waals surface area contributed by atoms with Crippen molar-refractivity contribution in [3.63, 3.8) is 0 Å². The van der Waals surface area contributed by atoms with E-state index >= 15 is 0 Å². The fourth-order valence-electron chi connectivity index (χ4n) is 2.84. The Balaban J connectivity index is 2.26. The molecule has 1 aliphatic heterocycles. The standard InChI is InChI=1S/C17H15BrN8O2/c1-2-28-10-4-7(3-9(18)14(10)27)13-11-12(21)8(5-19)15(22)25-16(11)26-17(24-13)23-6-20/h3-4,13,27H,2H2,1H3,(H6,21,22,23,24,25,26). The Morgan fingerprint density at radius 1 is 1.39 bits per heavy atom. The van der Waals surface area contributed by atoms with Gasteiger partial charge in [-0.05, 0) is 40.5 Å². The molecule has 28 heavy (non-hydrogen) atoms. The minimum Gasteiger partial charge on any atom is -0.503 e. The van der Waals surface area contributed by atoms with Gasteiger partial charge in [0.05, 0.1) is 16.8 Å². The third-order valence-electron chi connectivity index (χ3n) is 4.02. The summed E-state index contributed by atoms with van der Waals surface area (Å²) in [5.41, 5.74) is 13.2. The first-order valence-electron chi connectivity index (χ1n) is 8.05. The molecule has 7 N–H and O–H groups in total. The monoisotopic (exact) mass is 442 g/mol. The number of nitrogens with two attached hydrogens (primary N) is 2. The molecule has 0 fully saturated rings. The smallest absolute Gasteiger partial charge is 0.211 e. The van der Waals surface area contributed by atoms with E-state index in [-0.39, 0.29) is 40.3 Å². The molecule has 1 atom stereocenters. The summed E-state index contributed by atoms with van der Waals surface area (Å²) in [4.78, 5) is 8.66. The van der Waals surface area contributed by atoms with E-state index in [9.17, 15) is 10.4 Å². The van der Waals surface area contributed by atoms with Crippen molar-refractivity contribution in [1.29, 1.82) is 10.5 Å². The fraction of sp³-hybridized carbons (Fsp3) is 0.176. The summed E-state index contributed by atoms with van der Waals surface area (Å²) in [6.07, 6.45) is 1.78.